The van der Waals surface area contributed by atoms with Crippen LogP contribution in [0, 0.1) is 0 Å². The van der Waals surface area contributed by atoms with E-state index < -0.39 is 11.9 Å². The largest absolute Gasteiger partial charge is 0.493 e. The van der Waals surface area contributed by atoms with Crippen molar-refractivity contribution in [1.29, 1.82) is 0 Å². The van der Waals surface area contributed by atoms with E-state index in [1.54, 1.807) is 48.5 Å². The second-order valence-electron chi connectivity index (χ2n) is 6.10. The molecule has 0 aromatic heterocycles. The van der Waals surface area contributed by atoms with Gasteiger partial charge in [-0.25, -0.2) is 0 Å². The summed E-state index contributed by atoms with van der Waals surface area (Å²) >= 11 is 0. The number of ether oxygens (including phenoxy) is 1. The monoisotopic (exact) mass is 383 g/mol. The van der Waals surface area contributed by atoms with Crippen LogP contribution in [-0.2, 0) is 9.59 Å². The number of carbonyl (C=O) groups is 3. The van der Waals surface area contributed by atoms with E-state index in [4.69, 9.17) is 10.5 Å². The van der Waals surface area contributed by atoms with Crippen molar-refractivity contribution in [1.82, 2.24) is 10.6 Å². The fourth-order valence-corrected chi connectivity index (χ4v) is 2.68. The molecule has 4 N–H and O–H groups in total. The lowest BCUT2D eigenvalue weighted by Crippen LogP contribution is -2.37. The van der Waals surface area contributed by atoms with E-state index in [0.29, 0.717) is 36.4 Å². The molecule has 148 valence electrons. The molecule has 0 saturated carbocycles. The Hall–Kier alpha value is -3.35. The summed E-state index contributed by atoms with van der Waals surface area (Å²) in [4.78, 5) is 36.1. The predicted octanol–water partition coefficient (Wildman–Crippen LogP) is 1.94. The molecular formula is C21H25N3O4. The van der Waals surface area contributed by atoms with Crippen molar-refractivity contribution >= 4 is 17.7 Å². The number of nitrogens with two attached hydrogens (primary N) is 1. The Morgan fingerprint density at radius 3 is 2.39 bits per heavy atom. The maximum Gasteiger partial charge on any atom is 0.255 e. The topological polar surface area (TPSA) is 111 Å². The lowest BCUT2D eigenvalue weighted by Gasteiger charge is -2.16. The first-order valence-corrected chi connectivity index (χ1v) is 9.16. The summed E-state index contributed by atoms with van der Waals surface area (Å²) in [6.07, 6.45) is 0.582. The third-order valence-corrected chi connectivity index (χ3v) is 4.02. The van der Waals surface area contributed by atoms with Crippen molar-refractivity contribution in [3.63, 3.8) is 0 Å². The molecule has 0 saturated heterocycles. The van der Waals surface area contributed by atoms with Gasteiger partial charge in [0.15, 0.2) is 0 Å². The van der Waals surface area contributed by atoms with Gasteiger partial charge in [0, 0.05) is 13.0 Å². The number of benzene rings is 2. The third-order valence-electron chi connectivity index (χ3n) is 4.02. The number of amides is 3. The average Bonchev–Trinajstić information content (AvgIpc) is 2.70. The van der Waals surface area contributed by atoms with Crippen LogP contribution in [-0.4, -0.2) is 30.9 Å². The summed E-state index contributed by atoms with van der Waals surface area (Å²) in [6.45, 7) is 2.63. The minimum atomic E-state index is -0.874. The van der Waals surface area contributed by atoms with E-state index in [1.807, 2.05) is 13.0 Å². The summed E-state index contributed by atoms with van der Waals surface area (Å²) in [5, 5.41) is 5.40. The lowest BCUT2D eigenvalue weighted by atomic mass is 10.1. The maximum atomic E-state index is 12.3. The molecule has 0 spiro atoms. The highest BCUT2D eigenvalue weighted by molar-refractivity contribution is 5.96. The van der Waals surface area contributed by atoms with Gasteiger partial charge in [0.2, 0.25) is 11.8 Å². The molecular weight excluding hydrogens is 358 g/mol. The highest BCUT2D eigenvalue weighted by Gasteiger charge is 2.19. The number of rotatable bonds is 10. The van der Waals surface area contributed by atoms with Gasteiger partial charge < -0.3 is 21.1 Å². The molecule has 2 rings (SSSR count). The normalized spacial score (nSPS) is 11.3. The van der Waals surface area contributed by atoms with Crippen LogP contribution in [0.15, 0.2) is 54.6 Å². The lowest BCUT2D eigenvalue weighted by molar-refractivity contribution is -0.127. The first-order valence-electron chi connectivity index (χ1n) is 9.16. The van der Waals surface area contributed by atoms with Gasteiger partial charge in [-0.15, -0.1) is 0 Å². The number of hydrogen-bond donors (Lipinski definition) is 3. The van der Waals surface area contributed by atoms with Crippen LogP contribution >= 0.6 is 0 Å². The zero-order valence-corrected chi connectivity index (χ0v) is 15.8. The van der Waals surface area contributed by atoms with Crippen molar-refractivity contribution < 1.29 is 19.1 Å². The standard InChI is InChI=1S/C21H25N3O4/c1-2-28-17-12-7-6-11-16(17)21(27)23-14-8-13-18(25)24-19(20(22)26)15-9-4-3-5-10-15/h3-7,9-12,19H,2,8,13-14H2,1H3,(H2,22,26)(H,23,27)(H,24,25). The Labute approximate surface area is 164 Å². The molecule has 1 atom stereocenters. The molecule has 0 aliphatic carbocycles. The highest BCUT2D eigenvalue weighted by Crippen LogP contribution is 2.17. The number of hydrogen-bond acceptors (Lipinski definition) is 4. The highest BCUT2D eigenvalue weighted by atomic mass is 16.5. The van der Waals surface area contributed by atoms with Gasteiger partial charge in [-0.1, -0.05) is 42.5 Å². The SMILES string of the molecule is CCOc1ccccc1C(=O)NCCCC(=O)NC(C(N)=O)c1ccccc1. The first-order chi connectivity index (χ1) is 13.5. The Morgan fingerprint density at radius 1 is 1.04 bits per heavy atom. The van der Waals surface area contributed by atoms with Crippen molar-refractivity contribution in [3.05, 3.63) is 65.7 Å². The van der Waals surface area contributed by atoms with Gasteiger partial charge in [-0.05, 0) is 31.0 Å². The molecule has 0 aliphatic heterocycles. The molecule has 28 heavy (non-hydrogen) atoms. The third kappa shape index (κ3) is 6.12. The molecule has 0 heterocycles. The van der Waals surface area contributed by atoms with Crippen LogP contribution in [0.3, 0.4) is 0 Å². The van der Waals surface area contributed by atoms with E-state index in [-0.39, 0.29) is 18.2 Å². The zero-order valence-electron chi connectivity index (χ0n) is 15.8. The van der Waals surface area contributed by atoms with E-state index in [1.165, 1.54) is 0 Å². The minimum Gasteiger partial charge on any atom is -0.493 e. The molecule has 7 nitrogen and oxygen atoms in total. The summed E-state index contributed by atoms with van der Waals surface area (Å²) in [5.74, 6) is -0.673. The van der Waals surface area contributed by atoms with Crippen LogP contribution in [0.4, 0.5) is 0 Å². The van der Waals surface area contributed by atoms with Crippen LogP contribution < -0.4 is 21.1 Å². The number of nitrogens with one attached hydrogen (secondary N) is 2. The number of carbonyl (C=O) groups excluding carboxylic acids is 3. The van der Waals surface area contributed by atoms with Crippen LogP contribution in [0.2, 0.25) is 0 Å². The molecule has 0 aliphatic rings. The van der Waals surface area contributed by atoms with E-state index in [9.17, 15) is 14.4 Å². The second kappa shape index (κ2) is 10.7. The predicted molar refractivity (Wildman–Crippen MR) is 106 cm³/mol. The van der Waals surface area contributed by atoms with Gasteiger partial charge in [0.25, 0.3) is 5.91 Å². The summed E-state index contributed by atoms with van der Waals surface area (Å²) in [5.41, 5.74) is 6.47. The van der Waals surface area contributed by atoms with Crippen molar-refractivity contribution in [2.75, 3.05) is 13.2 Å². The second-order valence-corrected chi connectivity index (χ2v) is 6.10. The van der Waals surface area contributed by atoms with E-state index in [2.05, 4.69) is 10.6 Å². The fourth-order valence-electron chi connectivity index (χ4n) is 2.68. The molecule has 0 bridgehead atoms. The summed E-state index contributed by atoms with van der Waals surface area (Å²) < 4.78 is 5.44. The van der Waals surface area contributed by atoms with E-state index in [0.717, 1.165) is 0 Å². The average molecular weight is 383 g/mol. The smallest absolute Gasteiger partial charge is 0.255 e. The number of primary amides is 1. The van der Waals surface area contributed by atoms with Gasteiger partial charge in [0.1, 0.15) is 11.8 Å². The molecule has 7 heteroatoms. The van der Waals surface area contributed by atoms with Crippen LogP contribution in [0.5, 0.6) is 5.75 Å². The van der Waals surface area contributed by atoms with Crippen molar-refractivity contribution in [2.24, 2.45) is 5.73 Å². The Balaban J connectivity index is 1.81. The summed E-state index contributed by atoms with van der Waals surface area (Å²) in [6, 6.07) is 14.9. The Bertz CT molecular complexity index is 808. The molecule has 3 amide bonds. The van der Waals surface area contributed by atoms with E-state index >= 15 is 0 Å². The van der Waals surface area contributed by atoms with Crippen molar-refractivity contribution in [2.45, 2.75) is 25.8 Å². The summed E-state index contributed by atoms with van der Waals surface area (Å²) in [7, 11) is 0. The molecule has 0 fully saturated rings. The van der Waals surface area contributed by atoms with Gasteiger partial charge in [-0.3, -0.25) is 14.4 Å². The van der Waals surface area contributed by atoms with Gasteiger partial charge >= 0.3 is 0 Å². The van der Waals surface area contributed by atoms with Crippen LogP contribution in [0.25, 0.3) is 0 Å². The minimum absolute atomic E-state index is 0.157. The maximum absolute atomic E-state index is 12.3. The molecule has 1 unspecified atom stereocenters. The Morgan fingerprint density at radius 2 is 1.71 bits per heavy atom. The molecule has 0 radical (unpaired) electrons. The van der Waals surface area contributed by atoms with Gasteiger partial charge in [0.05, 0.1) is 12.2 Å². The van der Waals surface area contributed by atoms with Gasteiger partial charge in [-0.2, -0.15) is 0 Å². The first kappa shape index (κ1) is 21.0. The van der Waals surface area contributed by atoms with Crippen LogP contribution in [0.1, 0.15) is 41.7 Å². The molecule has 2 aromatic carbocycles. The Kier molecular flexibility index (Phi) is 8.02. The zero-order chi connectivity index (χ0) is 20.4. The van der Waals surface area contributed by atoms with Crippen molar-refractivity contribution in [3.8, 4) is 5.75 Å². The molecule has 2 aromatic rings. The fraction of sp³-hybridized carbons (Fsp3) is 0.286. The number of para-hydroxylation sites is 1. The quantitative estimate of drug-likeness (QED) is 0.545.